The molecule has 19 heavy (non-hydrogen) atoms. The van der Waals surface area contributed by atoms with Gasteiger partial charge in [-0.3, -0.25) is 9.15 Å². The van der Waals surface area contributed by atoms with Crippen LogP contribution in [-0.2, 0) is 0 Å². The van der Waals surface area contributed by atoms with Crippen molar-refractivity contribution in [2.45, 2.75) is 6.92 Å². The Labute approximate surface area is 105 Å². The lowest BCUT2D eigenvalue weighted by Gasteiger charge is -1.97. The van der Waals surface area contributed by atoms with Crippen molar-refractivity contribution in [3.05, 3.63) is 45.6 Å². The van der Waals surface area contributed by atoms with Crippen LogP contribution in [0.25, 0.3) is 17.1 Å². The van der Waals surface area contributed by atoms with E-state index in [0.717, 1.165) is 10.4 Å². The first kappa shape index (κ1) is 11.1. The van der Waals surface area contributed by atoms with E-state index in [1.165, 1.54) is 0 Å². The second-order valence-corrected chi connectivity index (χ2v) is 3.85. The molecule has 3 rings (SSSR count). The zero-order valence-electron chi connectivity index (χ0n) is 9.73. The van der Waals surface area contributed by atoms with E-state index in [0.29, 0.717) is 5.56 Å². The van der Waals surface area contributed by atoms with Crippen LogP contribution in [0.2, 0.25) is 0 Å². The van der Waals surface area contributed by atoms with E-state index in [4.69, 9.17) is 0 Å². The van der Waals surface area contributed by atoms with Gasteiger partial charge in [-0.1, -0.05) is 17.7 Å². The Balaban J connectivity index is 2.18. The lowest BCUT2D eigenvalue weighted by Crippen LogP contribution is -2.40. The standard InChI is InChI=1S/C10H7N5O4/c1-6-2-4-7(5-3-6)8-9(12-19-15(8)17)14-11-10(16)18-13-14/h2-5H,1H3/p+1. The van der Waals surface area contributed by atoms with Crippen molar-refractivity contribution in [1.82, 2.24) is 15.5 Å². The molecule has 2 aromatic heterocycles. The molecule has 9 nitrogen and oxygen atoms in total. The Kier molecular flexibility index (Phi) is 2.37. The van der Waals surface area contributed by atoms with Crippen LogP contribution >= 0.6 is 0 Å². The molecule has 0 aliphatic heterocycles. The van der Waals surface area contributed by atoms with Crippen LogP contribution in [0.4, 0.5) is 0 Å². The van der Waals surface area contributed by atoms with Crippen molar-refractivity contribution in [2.24, 2.45) is 0 Å². The Morgan fingerprint density at radius 1 is 1.32 bits per heavy atom. The lowest BCUT2D eigenvalue weighted by atomic mass is 10.1. The predicted octanol–water partition coefficient (Wildman–Crippen LogP) is -0.764. The topological polar surface area (TPSA) is 116 Å². The molecule has 0 atom stereocenters. The molecule has 2 heterocycles. The Hall–Kier alpha value is -2.97. The molecule has 0 aliphatic carbocycles. The molecule has 1 N–H and O–H groups in total. The third-order valence-corrected chi connectivity index (χ3v) is 2.52. The maximum absolute atomic E-state index is 11.6. The number of hydrogen-bond acceptors (Lipinski definition) is 6. The van der Waals surface area contributed by atoms with Gasteiger partial charge in [0.05, 0.1) is 5.16 Å². The summed E-state index contributed by atoms with van der Waals surface area (Å²) < 4.78 is 8.88. The monoisotopic (exact) mass is 262 g/mol. The Morgan fingerprint density at radius 2 is 2.05 bits per heavy atom. The maximum Gasteiger partial charge on any atom is 0.473 e. The second-order valence-electron chi connectivity index (χ2n) is 3.85. The molecule has 0 aliphatic rings. The molecule has 0 bridgehead atoms. The summed E-state index contributed by atoms with van der Waals surface area (Å²) in [5, 5.41) is 20.8. The molecular weight excluding hydrogens is 254 g/mol. The molecule has 0 radical (unpaired) electrons. The van der Waals surface area contributed by atoms with Gasteiger partial charge in [0, 0.05) is 10.4 Å². The number of H-pyrrole nitrogens is 1. The van der Waals surface area contributed by atoms with Gasteiger partial charge in [0.15, 0.2) is 0 Å². The highest BCUT2D eigenvalue weighted by atomic mass is 16.8. The van der Waals surface area contributed by atoms with Crippen molar-refractivity contribution in [1.29, 1.82) is 0 Å². The molecule has 0 unspecified atom stereocenters. The molecule has 0 spiro atoms. The fourth-order valence-corrected chi connectivity index (χ4v) is 1.62. The number of benzene rings is 1. The van der Waals surface area contributed by atoms with Crippen molar-refractivity contribution in [3.63, 3.8) is 0 Å². The number of nitrogens with one attached hydrogen (secondary N) is 1. The highest BCUT2D eigenvalue weighted by molar-refractivity contribution is 5.61. The van der Waals surface area contributed by atoms with Gasteiger partial charge >= 0.3 is 11.6 Å². The molecule has 9 heteroatoms. The highest BCUT2D eigenvalue weighted by Gasteiger charge is 2.29. The van der Waals surface area contributed by atoms with Crippen LogP contribution in [0.5, 0.6) is 0 Å². The Bertz CT molecular complexity index is 770. The van der Waals surface area contributed by atoms with Crippen LogP contribution in [0.15, 0.2) is 38.2 Å². The Morgan fingerprint density at radius 3 is 2.68 bits per heavy atom. The van der Waals surface area contributed by atoms with Gasteiger partial charge in [0.2, 0.25) is 0 Å². The summed E-state index contributed by atoms with van der Waals surface area (Å²) in [5.41, 5.74) is 1.74. The molecule has 3 aromatic rings. The number of rotatable bonds is 2. The predicted molar refractivity (Wildman–Crippen MR) is 57.8 cm³/mol. The normalized spacial score (nSPS) is 10.8. The molecule has 0 amide bonds. The zero-order valence-corrected chi connectivity index (χ0v) is 9.73. The number of aromatic nitrogens is 5. The number of hydrogen-bond donors (Lipinski definition) is 1. The minimum atomic E-state index is -0.768. The van der Waals surface area contributed by atoms with Crippen LogP contribution < -0.4 is 15.5 Å². The SMILES string of the molecule is Cc1ccc(-c2c(-[n+]3noc(=O)[nH]3)no[n+]2[O-])cc1. The third-order valence-electron chi connectivity index (χ3n) is 2.52. The van der Waals surface area contributed by atoms with Gasteiger partial charge in [-0.25, -0.2) is 4.79 Å². The number of aromatic amines is 1. The van der Waals surface area contributed by atoms with E-state index in [-0.39, 0.29) is 16.4 Å². The van der Waals surface area contributed by atoms with Crippen LogP contribution in [0.3, 0.4) is 0 Å². The van der Waals surface area contributed by atoms with E-state index in [1.807, 2.05) is 19.1 Å². The van der Waals surface area contributed by atoms with E-state index in [1.54, 1.807) is 12.1 Å². The second kappa shape index (κ2) is 4.05. The average molecular weight is 262 g/mol. The summed E-state index contributed by atoms with van der Waals surface area (Å²) in [6, 6.07) is 7.14. The largest absolute Gasteiger partial charge is 0.473 e. The highest BCUT2D eigenvalue weighted by Crippen LogP contribution is 2.18. The summed E-state index contributed by atoms with van der Waals surface area (Å²) in [4.78, 5) is 12.1. The van der Waals surface area contributed by atoms with Crippen molar-refractivity contribution in [2.75, 3.05) is 0 Å². The summed E-state index contributed by atoms with van der Waals surface area (Å²) in [7, 11) is 0. The summed E-state index contributed by atoms with van der Waals surface area (Å²) >= 11 is 0. The van der Waals surface area contributed by atoms with Crippen LogP contribution in [0.1, 0.15) is 5.56 Å². The minimum absolute atomic E-state index is 0.0321. The first-order valence-electron chi connectivity index (χ1n) is 5.30. The van der Waals surface area contributed by atoms with Crippen molar-refractivity contribution >= 4 is 0 Å². The van der Waals surface area contributed by atoms with E-state index in [9.17, 15) is 10.0 Å². The average Bonchev–Trinajstić information content (AvgIpc) is 2.97. The van der Waals surface area contributed by atoms with E-state index >= 15 is 0 Å². The van der Waals surface area contributed by atoms with Gasteiger partial charge < -0.3 is 5.21 Å². The van der Waals surface area contributed by atoms with Crippen LogP contribution in [-0.4, -0.2) is 15.5 Å². The molecule has 0 saturated carbocycles. The molecule has 0 saturated heterocycles. The van der Waals surface area contributed by atoms with Gasteiger partial charge in [-0.05, 0) is 24.0 Å². The quantitative estimate of drug-likeness (QED) is 0.479. The molecular formula is C10H8N5O4+. The van der Waals surface area contributed by atoms with Gasteiger partial charge in [0.1, 0.15) is 5.27 Å². The number of nitrogens with zero attached hydrogens (tertiary/aromatic N) is 4. The van der Waals surface area contributed by atoms with Gasteiger partial charge in [-0.15, -0.1) is 5.10 Å². The molecule has 0 fully saturated rings. The zero-order chi connectivity index (χ0) is 13.4. The third kappa shape index (κ3) is 1.86. The maximum atomic E-state index is 11.6. The van der Waals surface area contributed by atoms with E-state index in [2.05, 4.69) is 24.7 Å². The smallest absolute Gasteiger partial charge is 0.359 e. The van der Waals surface area contributed by atoms with Gasteiger partial charge in [-0.2, -0.15) is 0 Å². The minimum Gasteiger partial charge on any atom is -0.359 e. The first-order chi connectivity index (χ1) is 9.15. The van der Waals surface area contributed by atoms with E-state index < -0.39 is 5.76 Å². The lowest BCUT2D eigenvalue weighted by molar-refractivity contribution is -0.794. The molecule has 96 valence electrons. The van der Waals surface area contributed by atoms with Crippen LogP contribution in [0, 0.1) is 12.1 Å². The van der Waals surface area contributed by atoms with Crippen molar-refractivity contribution in [3.8, 4) is 17.1 Å². The van der Waals surface area contributed by atoms with Crippen molar-refractivity contribution < 1.29 is 18.9 Å². The molecule has 1 aromatic carbocycles. The first-order valence-corrected chi connectivity index (χ1v) is 5.30. The fraction of sp³-hybridized carbons (Fsp3) is 0.100. The summed E-state index contributed by atoms with van der Waals surface area (Å²) in [5.74, 6) is -0.736. The van der Waals surface area contributed by atoms with Gasteiger partial charge in [0.25, 0.3) is 5.69 Å². The number of aryl methyl sites for hydroxylation is 1. The fourth-order valence-electron chi connectivity index (χ4n) is 1.62. The summed E-state index contributed by atoms with van der Waals surface area (Å²) in [6.07, 6.45) is 0. The summed E-state index contributed by atoms with van der Waals surface area (Å²) in [6.45, 7) is 1.92.